The minimum atomic E-state index is -4.91. The summed E-state index contributed by atoms with van der Waals surface area (Å²) in [5, 5.41) is 0. The number of alkyl halides is 4. The molecule has 0 saturated carbocycles. The van der Waals surface area contributed by atoms with Crippen LogP contribution in [0.1, 0.15) is 19.8 Å². The largest absolute Gasteiger partial charge is 0.462 e. The SMILES string of the molecule is CC(F)(CC1CC(=O)O1)C(F)(F)F. The minimum absolute atomic E-state index is 0.129. The highest BCUT2D eigenvalue weighted by molar-refractivity contribution is 5.75. The Morgan fingerprint density at radius 1 is 1.46 bits per heavy atom. The molecule has 0 aromatic rings. The van der Waals surface area contributed by atoms with E-state index in [1.165, 1.54) is 0 Å². The van der Waals surface area contributed by atoms with Crippen LogP contribution in [0.25, 0.3) is 0 Å². The standard InChI is InChI=1S/C7H8F4O2/c1-6(8,7(9,10)11)3-4-2-5(12)13-4/h4H,2-3H2,1H3. The molecule has 1 aliphatic heterocycles. The maximum absolute atomic E-state index is 12.9. The maximum atomic E-state index is 12.9. The Hall–Kier alpha value is -0.810. The van der Waals surface area contributed by atoms with Crippen LogP contribution in [0, 0.1) is 0 Å². The van der Waals surface area contributed by atoms with Crippen LogP contribution in [0.3, 0.4) is 0 Å². The highest BCUT2D eigenvalue weighted by Crippen LogP contribution is 2.39. The highest BCUT2D eigenvalue weighted by Gasteiger charge is 2.54. The highest BCUT2D eigenvalue weighted by atomic mass is 19.4. The van der Waals surface area contributed by atoms with E-state index in [4.69, 9.17) is 0 Å². The second kappa shape index (κ2) is 2.85. The Morgan fingerprint density at radius 2 is 1.92 bits per heavy atom. The van der Waals surface area contributed by atoms with Gasteiger partial charge in [-0.1, -0.05) is 0 Å². The van der Waals surface area contributed by atoms with Gasteiger partial charge < -0.3 is 4.74 Å². The van der Waals surface area contributed by atoms with Crippen LogP contribution in [0.2, 0.25) is 0 Å². The van der Waals surface area contributed by atoms with Crippen LogP contribution < -0.4 is 0 Å². The van der Waals surface area contributed by atoms with Crippen LogP contribution in [-0.4, -0.2) is 23.9 Å². The molecule has 0 spiro atoms. The molecule has 1 saturated heterocycles. The Bertz CT molecular complexity index is 213. The molecule has 0 amide bonds. The molecular formula is C7H8F4O2. The number of esters is 1. The number of carbonyl (C=O) groups excluding carboxylic acids is 1. The van der Waals surface area contributed by atoms with Crippen LogP contribution in [0.4, 0.5) is 17.6 Å². The average Bonchev–Trinajstić information content (AvgIpc) is 1.80. The van der Waals surface area contributed by atoms with E-state index in [9.17, 15) is 22.4 Å². The lowest BCUT2D eigenvalue weighted by Gasteiger charge is -2.32. The molecule has 2 nitrogen and oxygen atoms in total. The number of halogens is 4. The fraction of sp³-hybridized carbons (Fsp3) is 0.857. The van der Waals surface area contributed by atoms with Crippen LogP contribution in [-0.2, 0) is 9.53 Å². The summed E-state index contributed by atoms with van der Waals surface area (Å²) in [5.74, 6) is -0.581. The van der Waals surface area contributed by atoms with Gasteiger partial charge in [-0.05, 0) is 6.92 Å². The van der Waals surface area contributed by atoms with Crippen molar-refractivity contribution in [2.45, 2.75) is 37.7 Å². The Kier molecular flexibility index (Phi) is 2.25. The van der Waals surface area contributed by atoms with Gasteiger partial charge >= 0.3 is 12.1 Å². The first-order valence-electron chi connectivity index (χ1n) is 3.67. The van der Waals surface area contributed by atoms with Gasteiger partial charge in [0.2, 0.25) is 5.67 Å². The monoisotopic (exact) mass is 200 g/mol. The molecule has 2 unspecified atom stereocenters. The predicted octanol–water partition coefficient (Wildman–Crippen LogP) is 1.98. The molecule has 1 heterocycles. The fourth-order valence-electron chi connectivity index (χ4n) is 1.02. The summed E-state index contributed by atoms with van der Waals surface area (Å²) in [7, 11) is 0. The summed E-state index contributed by atoms with van der Waals surface area (Å²) in [5.41, 5.74) is -3.28. The van der Waals surface area contributed by atoms with Gasteiger partial charge in [0.15, 0.2) is 0 Å². The molecule has 1 rings (SSSR count). The van der Waals surface area contributed by atoms with Crippen LogP contribution in [0.5, 0.6) is 0 Å². The Balaban J connectivity index is 2.48. The lowest BCUT2D eigenvalue weighted by atomic mass is 9.96. The van der Waals surface area contributed by atoms with E-state index in [1.54, 1.807) is 0 Å². The number of carbonyl (C=O) groups is 1. The van der Waals surface area contributed by atoms with Crippen LogP contribution in [0.15, 0.2) is 0 Å². The first-order valence-corrected chi connectivity index (χ1v) is 3.67. The summed E-state index contributed by atoms with van der Waals surface area (Å²) >= 11 is 0. The molecule has 0 aromatic carbocycles. The van der Waals surface area contributed by atoms with Crippen molar-refractivity contribution in [2.24, 2.45) is 0 Å². The zero-order valence-electron chi connectivity index (χ0n) is 6.82. The second-order valence-corrected chi connectivity index (χ2v) is 3.22. The number of hydrogen-bond donors (Lipinski definition) is 0. The molecule has 6 heteroatoms. The quantitative estimate of drug-likeness (QED) is 0.503. The second-order valence-electron chi connectivity index (χ2n) is 3.22. The van der Waals surface area contributed by atoms with Crippen molar-refractivity contribution in [2.75, 3.05) is 0 Å². The third kappa shape index (κ3) is 2.10. The van der Waals surface area contributed by atoms with Gasteiger partial charge in [0.1, 0.15) is 6.10 Å². The van der Waals surface area contributed by atoms with Crippen molar-refractivity contribution in [3.63, 3.8) is 0 Å². The molecule has 13 heavy (non-hydrogen) atoms. The third-order valence-electron chi connectivity index (χ3n) is 1.89. The van der Waals surface area contributed by atoms with Crippen LogP contribution >= 0.6 is 0 Å². The molecule has 0 aliphatic carbocycles. The molecule has 2 atom stereocenters. The molecule has 0 bridgehead atoms. The average molecular weight is 200 g/mol. The molecule has 0 aromatic heterocycles. The number of cyclic esters (lactones) is 1. The van der Waals surface area contributed by atoms with E-state index in [0.29, 0.717) is 6.92 Å². The summed E-state index contributed by atoms with van der Waals surface area (Å²) < 4.78 is 53.0. The first kappa shape index (κ1) is 10.3. The van der Waals surface area contributed by atoms with Crippen molar-refractivity contribution in [3.8, 4) is 0 Å². The Labute approximate surface area is 71.9 Å². The van der Waals surface area contributed by atoms with E-state index < -0.39 is 30.3 Å². The van der Waals surface area contributed by atoms with Gasteiger partial charge in [-0.25, -0.2) is 4.39 Å². The van der Waals surface area contributed by atoms with Crippen molar-refractivity contribution < 1.29 is 27.1 Å². The lowest BCUT2D eigenvalue weighted by molar-refractivity contribution is -0.238. The fourth-order valence-corrected chi connectivity index (χ4v) is 1.02. The topological polar surface area (TPSA) is 26.3 Å². The summed E-state index contributed by atoms with van der Waals surface area (Å²) in [6.45, 7) is 0.444. The van der Waals surface area contributed by atoms with Gasteiger partial charge in [0.05, 0.1) is 6.42 Å². The van der Waals surface area contributed by atoms with E-state index in [-0.39, 0.29) is 6.42 Å². The van der Waals surface area contributed by atoms with Crippen molar-refractivity contribution >= 4 is 5.97 Å². The first-order chi connectivity index (χ1) is 5.72. The summed E-state index contributed by atoms with van der Waals surface area (Å²) in [6.07, 6.45) is -6.78. The lowest BCUT2D eigenvalue weighted by Crippen LogP contribution is -2.45. The normalized spacial score (nSPS) is 27.5. The molecular weight excluding hydrogens is 192 g/mol. The zero-order chi connectivity index (χ0) is 10.3. The van der Waals surface area contributed by atoms with E-state index in [2.05, 4.69) is 4.74 Å². The predicted molar refractivity (Wildman–Crippen MR) is 34.7 cm³/mol. The third-order valence-corrected chi connectivity index (χ3v) is 1.89. The van der Waals surface area contributed by atoms with Crippen molar-refractivity contribution in [3.05, 3.63) is 0 Å². The summed E-state index contributed by atoms with van der Waals surface area (Å²) in [6, 6.07) is 0. The van der Waals surface area contributed by atoms with Gasteiger partial charge in [-0.15, -0.1) is 0 Å². The molecule has 1 fully saturated rings. The smallest absolute Gasteiger partial charge is 0.422 e. The Morgan fingerprint density at radius 3 is 2.23 bits per heavy atom. The van der Waals surface area contributed by atoms with Crippen molar-refractivity contribution in [1.82, 2.24) is 0 Å². The minimum Gasteiger partial charge on any atom is -0.462 e. The van der Waals surface area contributed by atoms with Gasteiger partial charge in [0.25, 0.3) is 0 Å². The van der Waals surface area contributed by atoms with Gasteiger partial charge in [-0.3, -0.25) is 4.79 Å². The van der Waals surface area contributed by atoms with Gasteiger partial charge in [-0.2, -0.15) is 13.2 Å². The summed E-state index contributed by atoms with van der Waals surface area (Å²) in [4.78, 5) is 10.2. The molecule has 0 radical (unpaired) electrons. The number of ether oxygens (including phenoxy) is 1. The zero-order valence-corrected chi connectivity index (χ0v) is 6.82. The molecule has 1 aliphatic rings. The molecule has 0 N–H and O–H groups in total. The van der Waals surface area contributed by atoms with E-state index in [0.717, 1.165) is 0 Å². The maximum Gasteiger partial charge on any atom is 0.422 e. The van der Waals surface area contributed by atoms with Gasteiger partial charge in [0, 0.05) is 6.42 Å². The van der Waals surface area contributed by atoms with E-state index in [1.807, 2.05) is 0 Å². The molecule has 76 valence electrons. The van der Waals surface area contributed by atoms with E-state index >= 15 is 0 Å². The van der Waals surface area contributed by atoms with Crippen molar-refractivity contribution in [1.29, 1.82) is 0 Å². The number of hydrogen-bond acceptors (Lipinski definition) is 2. The number of rotatable bonds is 2.